The highest BCUT2D eigenvalue weighted by Gasteiger charge is 1.98. The van der Waals surface area contributed by atoms with Crippen molar-refractivity contribution in [2.45, 2.75) is 6.42 Å². The smallest absolute Gasteiger partial charge is 0.305 e. The Morgan fingerprint density at radius 3 is 2.05 bits per heavy atom. The van der Waals surface area contributed by atoms with Gasteiger partial charge in [0.1, 0.15) is 6.61 Å². The van der Waals surface area contributed by atoms with Crippen LogP contribution in [0.1, 0.15) is 6.42 Å². The zero-order chi connectivity index (χ0) is 15.1. The first-order valence-electron chi connectivity index (χ1n) is 6.37. The fourth-order valence-corrected chi connectivity index (χ4v) is 1.15. The average Bonchev–Trinajstić information content (AvgIpc) is 2.40. The highest BCUT2D eigenvalue weighted by atomic mass is 16.5. The molecule has 0 unspecified atom stereocenters. The summed E-state index contributed by atoms with van der Waals surface area (Å²) in [5.74, 6) is -1.05. The molecule has 0 aromatic carbocycles. The number of rotatable bonds is 14. The van der Waals surface area contributed by atoms with Gasteiger partial charge in [0.15, 0.2) is 0 Å². The monoisotopic (exact) mass is 293 g/mol. The SMILES string of the molecule is COCC(=O)NCCOCCOCCOCCC(=O)O. The molecule has 0 rings (SSSR count). The van der Waals surface area contributed by atoms with Crippen LogP contribution < -0.4 is 5.32 Å². The summed E-state index contributed by atoms with van der Waals surface area (Å²) in [6.45, 7) is 2.69. The van der Waals surface area contributed by atoms with Crippen LogP contribution in [0.15, 0.2) is 0 Å². The summed E-state index contributed by atoms with van der Waals surface area (Å²) in [7, 11) is 1.46. The van der Waals surface area contributed by atoms with Crippen LogP contribution in [-0.2, 0) is 28.5 Å². The number of nitrogens with one attached hydrogen (secondary N) is 1. The topological polar surface area (TPSA) is 103 Å². The predicted molar refractivity (Wildman–Crippen MR) is 69.6 cm³/mol. The van der Waals surface area contributed by atoms with Gasteiger partial charge in [-0.05, 0) is 0 Å². The first-order valence-corrected chi connectivity index (χ1v) is 6.37. The first kappa shape index (κ1) is 18.8. The fourth-order valence-electron chi connectivity index (χ4n) is 1.15. The molecule has 0 fully saturated rings. The minimum Gasteiger partial charge on any atom is -0.481 e. The van der Waals surface area contributed by atoms with Crippen molar-refractivity contribution in [3.05, 3.63) is 0 Å². The van der Waals surface area contributed by atoms with Gasteiger partial charge in [0, 0.05) is 13.7 Å². The predicted octanol–water partition coefficient (Wildman–Crippen LogP) is -0.726. The highest BCUT2D eigenvalue weighted by molar-refractivity contribution is 5.77. The Morgan fingerprint density at radius 1 is 0.950 bits per heavy atom. The molecule has 0 radical (unpaired) electrons. The Bertz CT molecular complexity index is 260. The number of carbonyl (C=O) groups excluding carboxylic acids is 1. The summed E-state index contributed by atoms with van der Waals surface area (Å²) in [5.41, 5.74) is 0. The molecule has 0 bridgehead atoms. The van der Waals surface area contributed by atoms with Crippen molar-refractivity contribution in [2.24, 2.45) is 0 Å². The molecule has 0 aliphatic rings. The second-order valence-electron chi connectivity index (χ2n) is 3.76. The van der Waals surface area contributed by atoms with Gasteiger partial charge in [-0.1, -0.05) is 0 Å². The molecule has 0 heterocycles. The zero-order valence-corrected chi connectivity index (χ0v) is 11.8. The van der Waals surface area contributed by atoms with Crippen LogP contribution in [0.2, 0.25) is 0 Å². The van der Waals surface area contributed by atoms with Crippen molar-refractivity contribution in [1.29, 1.82) is 0 Å². The number of hydrogen-bond acceptors (Lipinski definition) is 6. The Labute approximate surface area is 118 Å². The van der Waals surface area contributed by atoms with Crippen molar-refractivity contribution in [3.8, 4) is 0 Å². The van der Waals surface area contributed by atoms with Crippen LogP contribution in [0, 0.1) is 0 Å². The van der Waals surface area contributed by atoms with E-state index in [-0.39, 0.29) is 25.5 Å². The van der Waals surface area contributed by atoms with Crippen LogP contribution in [0.3, 0.4) is 0 Å². The van der Waals surface area contributed by atoms with E-state index >= 15 is 0 Å². The van der Waals surface area contributed by atoms with E-state index in [0.717, 1.165) is 0 Å². The Hall–Kier alpha value is -1.22. The maximum Gasteiger partial charge on any atom is 0.305 e. The Morgan fingerprint density at radius 2 is 1.50 bits per heavy atom. The van der Waals surface area contributed by atoms with Crippen molar-refractivity contribution in [3.63, 3.8) is 0 Å². The lowest BCUT2D eigenvalue weighted by Gasteiger charge is -2.07. The van der Waals surface area contributed by atoms with Crippen LogP contribution in [-0.4, -0.2) is 76.9 Å². The van der Waals surface area contributed by atoms with Crippen LogP contribution in [0.5, 0.6) is 0 Å². The molecule has 0 atom stereocenters. The van der Waals surface area contributed by atoms with Gasteiger partial charge in [-0.15, -0.1) is 0 Å². The Kier molecular flexibility index (Phi) is 13.3. The maximum absolute atomic E-state index is 11.0. The molecule has 2 N–H and O–H groups in total. The van der Waals surface area contributed by atoms with Gasteiger partial charge in [0.05, 0.1) is 46.1 Å². The minimum absolute atomic E-state index is 0.00208. The molecule has 0 saturated carbocycles. The standard InChI is InChI=1S/C12H23NO7/c1-17-10-11(14)13-3-5-19-7-9-20-8-6-18-4-2-12(15)16/h2-10H2,1H3,(H,13,14)(H,15,16). The molecule has 118 valence electrons. The minimum atomic E-state index is -0.878. The van der Waals surface area contributed by atoms with E-state index < -0.39 is 5.97 Å². The van der Waals surface area contributed by atoms with Crippen molar-refractivity contribution in [1.82, 2.24) is 5.32 Å². The number of carboxylic acids is 1. The molecule has 20 heavy (non-hydrogen) atoms. The van der Waals surface area contributed by atoms with Crippen LogP contribution in [0.25, 0.3) is 0 Å². The van der Waals surface area contributed by atoms with Gasteiger partial charge in [0.2, 0.25) is 5.91 Å². The summed E-state index contributed by atoms with van der Waals surface area (Å²) in [6.07, 6.45) is -0.00208. The van der Waals surface area contributed by atoms with Gasteiger partial charge in [-0.3, -0.25) is 9.59 Å². The number of methoxy groups -OCH3 is 1. The second-order valence-corrected chi connectivity index (χ2v) is 3.76. The quantitative estimate of drug-likeness (QED) is 0.407. The maximum atomic E-state index is 11.0. The molecule has 0 saturated heterocycles. The second kappa shape index (κ2) is 14.2. The van der Waals surface area contributed by atoms with E-state index in [4.69, 9.17) is 19.3 Å². The average molecular weight is 293 g/mol. The Balaban J connectivity index is 3.06. The van der Waals surface area contributed by atoms with E-state index in [0.29, 0.717) is 39.6 Å². The normalized spacial score (nSPS) is 10.4. The first-order chi connectivity index (χ1) is 9.66. The molecule has 1 amide bonds. The van der Waals surface area contributed by atoms with Gasteiger partial charge in [-0.2, -0.15) is 0 Å². The van der Waals surface area contributed by atoms with Crippen molar-refractivity contribution >= 4 is 11.9 Å². The molecule has 0 aliphatic carbocycles. The third-order valence-corrected chi connectivity index (χ3v) is 2.05. The van der Waals surface area contributed by atoms with Gasteiger partial charge in [-0.25, -0.2) is 0 Å². The molecule has 0 aromatic heterocycles. The molecule has 0 spiro atoms. The van der Waals surface area contributed by atoms with E-state index in [2.05, 4.69) is 10.1 Å². The number of amides is 1. The number of hydrogen-bond donors (Lipinski definition) is 2. The van der Waals surface area contributed by atoms with Crippen LogP contribution in [0.4, 0.5) is 0 Å². The van der Waals surface area contributed by atoms with Crippen molar-refractivity contribution in [2.75, 3.05) is 59.9 Å². The highest BCUT2D eigenvalue weighted by Crippen LogP contribution is 1.84. The fraction of sp³-hybridized carbons (Fsp3) is 0.833. The summed E-state index contributed by atoms with van der Waals surface area (Å²) in [5, 5.41) is 11.0. The van der Waals surface area contributed by atoms with E-state index in [1.807, 2.05) is 0 Å². The molecule has 8 nitrogen and oxygen atoms in total. The lowest BCUT2D eigenvalue weighted by atomic mass is 10.5. The van der Waals surface area contributed by atoms with E-state index in [1.165, 1.54) is 7.11 Å². The summed E-state index contributed by atoms with van der Waals surface area (Å²) >= 11 is 0. The molecular weight excluding hydrogens is 270 g/mol. The lowest BCUT2D eigenvalue weighted by Crippen LogP contribution is -2.30. The summed E-state index contributed by atoms with van der Waals surface area (Å²) in [4.78, 5) is 21.2. The van der Waals surface area contributed by atoms with E-state index in [1.54, 1.807) is 0 Å². The number of carboxylic acid groups (broad SMARTS) is 1. The molecule has 8 heteroatoms. The summed E-state index contributed by atoms with van der Waals surface area (Å²) in [6, 6.07) is 0. The third-order valence-electron chi connectivity index (χ3n) is 2.05. The van der Waals surface area contributed by atoms with Gasteiger partial charge in [0.25, 0.3) is 0 Å². The van der Waals surface area contributed by atoms with Gasteiger partial charge < -0.3 is 29.4 Å². The van der Waals surface area contributed by atoms with Crippen molar-refractivity contribution < 1.29 is 33.6 Å². The third kappa shape index (κ3) is 14.8. The summed E-state index contributed by atoms with van der Waals surface area (Å²) < 4.78 is 20.1. The van der Waals surface area contributed by atoms with Gasteiger partial charge >= 0.3 is 5.97 Å². The molecule has 0 aromatic rings. The largest absolute Gasteiger partial charge is 0.481 e. The number of carbonyl (C=O) groups is 2. The number of ether oxygens (including phenoxy) is 4. The zero-order valence-electron chi connectivity index (χ0n) is 11.8. The molecule has 0 aliphatic heterocycles. The van der Waals surface area contributed by atoms with Crippen LogP contribution >= 0.6 is 0 Å². The molecular formula is C12H23NO7. The van der Waals surface area contributed by atoms with E-state index in [9.17, 15) is 9.59 Å². The number of aliphatic carboxylic acids is 1. The lowest BCUT2D eigenvalue weighted by molar-refractivity contribution is -0.138.